The molecule has 40 heavy (non-hydrogen) atoms. The molecule has 1 aromatic carbocycles. The summed E-state index contributed by atoms with van der Waals surface area (Å²) < 4.78 is 13.8. The van der Waals surface area contributed by atoms with Gasteiger partial charge in [0.1, 0.15) is 29.7 Å². The Kier molecular flexibility index (Phi) is 7.24. The number of esters is 1. The number of hydrogen-bond acceptors (Lipinski definition) is 8. The number of amides is 2. The third-order valence-corrected chi connectivity index (χ3v) is 9.23. The van der Waals surface area contributed by atoms with Crippen LogP contribution >= 0.6 is 0 Å². The molecule has 0 saturated carbocycles. The third kappa shape index (κ3) is 3.96. The van der Waals surface area contributed by atoms with Crippen molar-refractivity contribution < 1.29 is 29.0 Å². The van der Waals surface area contributed by atoms with E-state index in [0.29, 0.717) is 11.9 Å². The molecule has 7 atom stereocenters. The van der Waals surface area contributed by atoms with Gasteiger partial charge in [0.25, 0.3) is 0 Å². The molecule has 0 aliphatic carbocycles. The smallest absolute Gasteiger partial charge is 0.312 e. The number of likely N-dealkylation sites (tertiary alicyclic amines) is 1. The molecule has 11 heteroatoms. The number of carbonyl (C=O) groups excluding carboxylic acids is 3. The average Bonchev–Trinajstić information content (AvgIpc) is 3.58. The van der Waals surface area contributed by atoms with E-state index >= 15 is 0 Å². The summed E-state index contributed by atoms with van der Waals surface area (Å²) in [6.07, 6.45) is 2.05. The van der Waals surface area contributed by atoms with Gasteiger partial charge in [-0.15, -0.1) is 11.7 Å². The summed E-state index contributed by atoms with van der Waals surface area (Å²) in [4.78, 5) is 45.4. The van der Waals surface area contributed by atoms with E-state index in [1.54, 1.807) is 22.6 Å². The maximum atomic E-state index is 14.7. The van der Waals surface area contributed by atoms with Crippen LogP contribution < -0.4 is 0 Å². The predicted molar refractivity (Wildman–Crippen MR) is 145 cm³/mol. The van der Waals surface area contributed by atoms with Crippen LogP contribution in [0.4, 0.5) is 0 Å². The fourth-order valence-corrected chi connectivity index (χ4v) is 7.25. The van der Waals surface area contributed by atoms with Crippen LogP contribution in [0.3, 0.4) is 0 Å². The van der Waals surface area contributed by atoms with Gasteiger partial charge in [0.05, 0.1) is 36.3 Å². The highest BCUT2D eigenvalue weighted by Crippen LogP contribution is 2.65. The summed E-state index contributed by atoms with van der Waals surface area (Å²) in [5.74, 6) is -3.22. The quantitative estimate of drug-likeness (QED) is 0.350. The van der Waals surface area contributed by atoms with E-state index in [2.05, 4.69) is 16.9 Å². The first-order chi connectivity index (χ1) is 19.0. The minimum Gasteiger partial charge on any atom is -0.466 e. The maximum absolute atomic E-state index is 14.7. The van der Waals surface area contributed by atoms with Crippen LogP contribution in [0.15, 0.2) is 36.9 Å². The second kappa shape index (κ2) is 10.3. The summed E-state index contributed by atoms with van der Waals surface area (Å²) in [5, 5.41) is 18.9. The molecule has 2 bridgehead atoms. The van der Waals surface area contributed by atoms with Gasteiger partial charge in [0.15, 0.2) is 0 Å². The molecule has 2 amide bonds. The van der Waals surface area contributed by atoms with Gasteiger partial charge in [-0.1, -0.05) is 44.2 Å². The second-order valence-corrected chi connectivity index (χ2v) is 11.8. The Labute approximate surface area is 234 Å². The number of carbonyl (C=O) groups is 3. The zero-order valence-electron chi connectivity index (χ0n) is 23.8. The average molecular weight is 554 g/mol. The molecule has 3 aliphatic rings. The topological polar surface area (TPSA) is 127 Å². The molecule has 0 radical (unpaired) electrons. The predicted octanol–water partition coefficient (Wildman–Crippen LogP) is 1.99. The van der Waals surface area contributed by atoms with Crippen LogP contribution in [0.1, 0.15) is 41.0 Å². The Morgan fingerprint density at radius 2 is 2.08 bits per heavy atom. The minimum absolute atomic E-state index is 0.0737. The molecule has 3 aliphatic heterocycles. The number of fused-ring (bicyclic) bond motifs is 2. The number of para-hydroxylation sites is 1. The fraction of sp³-hybridized carbons (Fsp3) is 0.621. The molecule has 4 heterocycles. The number of aliphatic hydroxyl groups is 1. The van der Waals surface area contributed by atoms with Crippen molar-refractivity contribution >= 4 is 28.8 Å². The monoisotopic (exact) mass is 553 g/mol. The number of rotatable bonds is 10. The highest BCUT2D eigenvalue weighted by atomic mass is 16.6. The summed E-state index contributed by atoms with van der Waals surface area (Å²) in [6.45, 7) is 13.3. The number of ether oxygens (including phenoxy) is 2. The van der Waals surface area contributed by atoms with Crippen molar-refractivity contribution in [1.29, 1.82) is 0 Å². The zero-order valence-corrected chi connectivity index (χ0v) is 23.8. The van der Waals surface area contributed by atoms with E-state index in [9.17, 15) is 19.5 Å². The summed E-state index contributed by atoms with van der Waals surface area (Å²) in [5.41, 5.74) is -0.750. The van der Waals surface area contributed by atoms with Crippen molar-refractivity contribution in [1.82, 2.24) is 24.8 Å². The molecule has 1 N–H and O–H groups in total. The first-order valence-electron chi connectivity index (χ1n) is 14.0. The second-order valence-electron chi connectivity index (χ2n) is 11.8. The van der Waals surface area contributed by atoms with Crippen molar-refractivity contribution in [2.75, 3.05) is 19.8 Å². The molecule has 5 rings (SSSR count). The maximum Gasteiger partial charge on any atom is 0.312 e. The Bertz CT molecular complexity index is 1330. The van der Waals surface area contributed by atoms with E-state index < -0.39 is 41.1 Å². The van der Waals surface area contributed by atoms with E-state index in [1.807, 2.05) is 52.0 Å². The molecule has 3 fully saturated rings. The lowest BCUT2D eigenvalue weighted by Crippen LogP contribution is -2.60. The molecular formula is C29H39N5O6. The van der Waals surface area contributed by atoms with Crippen LogP contribution in [0.2, 0.25) is 0 Å². The van der Waals surface area contributed by atoms with Crippen LogP contribution in [0, 0.1) is 23.7 Å². The Morgan fingerprint density at radius 1 is 1.35 bits per heavy atom. The molecule has 2 aromatic rings. The van der Waals surface area contributed by atoms with Crippen LogP contribution in [0.5, 0.6) is 0 Å². The molecule has 1 aromatic heterocycles. The first-order valence-corrected chi connectivity index (χ1v) is 14.0. The van der Waals surface area contributed by atoms with E-state index in [4.69, 9.17) is 9.47 Å². The molecular weight excluding hydrogens is 514 g/mol. The Hall–Kier alpha value is -3.31. The molecule has 3 unspecified atom stereocenters. The molecule has 3 saturated heterocycles. The normalized spacial score (nSPS) is 31.6. The number of aromatic nitrogens is 3. The lowest BCUT2D eigenvalue weighted by molar-refractivity contribution is -0.164. The standard InChI is InChI=1S/C29H39N5O6/c1-7-13-32(16-33-20-12-10-9-11-19(20)30-31-33)26(37)24-29-14-18(5)28(6,40-29)23(27(38)39-8-2)22(29)25(36)34(24)21(15-35)17(3)4/h7,9-12,17-18,21-24,35H,1,8,13-16H2,2-6H3/t18?,21-,22-,23-,24?,28+,29?/m0/s1. The van der Waals surface area contributed by atoms with Gasteiger partial charge in [0.2, 0.25) is 11.8 Å². The number of hydrogen-bond donors (Lipinski definition) is 1. The minimum atomic E-state index is -1.24. The summed E-state index contributed by atoms with van der Waals surface area (Å²) in [6, 6.07) is 5.76. The van der Waals surface area contributed by atoms with Crippen molar-refractivity contribution in [2.24, 2.45) is 23.7 Å². The van der Waals surface area contributed by atoms with E-state index in [-0.39, 0.29) is 50.1 Å². The van der Waals surface area contributed by atoms with Crippen molar-refractivity contribution in [3.05, 3.63) is 36.9 Å². The Balaban J connectivity index is 1.61. The molecule has 11 nitrogen and oxygen atoms in total. The highest BCUT2D eigenvalue weighted by Gasteiger charge is 2.80. The first kappa shape index (κ1) is 28.2. The van der Waals surface area contributed by atoms with E-state index in [0.717, 1.165) is 5.52 Å². The van der Waals surface area contributed by atoms with Crippen molar-refractivity contribution in [3.63, 3.8) is 0 Å². The SMILES string of the molecule is C=CCN(Cn1nnc2ccccc21)C(=O)C1N([C@@H](CO)C(C)C)C(=O)[C@@H]2[C@@H](C(=O)OCC)[C@]3(C)OC12CC3C. The summed E-state index contributed by atoms with van der Waals surface area (Å²) >= 11 is 0. The lowest BCUT2D eigenvalue weighted by Gasteiger charge is -2.40. The molecule has 216 valence electrons. The van der Waals surface area contributed by atoms with Gasteiger partial charge in [-0.05, 0) is 44.2 Å². The zero-order chi connectivity index (χ0) is 29.0. The lowest BCUT2D eigenvalue weighted by atomic mass is 9.62. The van der Waals surface area contributed by atoms with Crippen LogP contribution in [-0.2, 0) is 30.5 Å². The van der Waals surface area contributed by atoms with Gasteiger partial charge in [0, 0.05) is 6.54 Å². The third-order valence-electron chi connectivity index (χ3n) is 9.23. The largest absolute Gasteiger partial charge is 0.466 e. The van der Waals surface area contributed by atoms with E-state index in [1.165, 1.54) is 4.90 Å². The number of nitrogens with zero attached hydrogens (tertiary/aromatic N) is 5. The van der Waals surface area contributed by atoms with Gasteiger partial charge in [-0.25, -0.2) is 4.68 Å². The number of benzene rings is 1. The van der Waals surface area contributed by atoms with Gasteiger partial charge in [-0.3, -0.25) is 14.4 Å². The van der Waals surface area contributed by atoms with Crippen molar-refractivity contribution in [3.8, 4) is 0 Å². The number of aliphatic hydroxyl groups excluding tert-OH is 1. The summed E-state index contributed by atoms with van der Waals surface area (Å²) in [7, 11) is 0. The van der Waals surface area contributed by atoms with Gasteiger partial charge < -0.3 is 24.4 Å². The van der Waals surface area contributed by atoms with Gasteiger partial charge in [-0.2, -0.15) is 0 Å². The molecule has 1 spiro atoms. The highest BCUT2D eigenvalue weighted by molar-refractivity contribution is 5.98. The Morgan fingerprint density at radius 3 is 2.73 bits per heavy atom. The van der Waals surface area contributed by atoms with Crippen molar-refractivity contribution in [2.45, 2.75) is 71.0 Å². The fourth-order valence-electron chi connectivity index (χ4n) is 7.25. The van der Waals surface area contributed by atoms with Crippen LogP contribution in [0.25, 0.3) is 11.0 Å². The van der Waals surface area contributed by atoms with Gasteiger partial charge >= 0.3 is 5.97 Å². The van der Waals surface area contributed by atoms with Crippen LogP contribution in [-0.4, -0.2) is 90.7 Å².